The third kappa shape index (κ3) is 4.15. The van der Waals surface area contributed by atoms with E-state index in [0.29, 0.717) is 12.5 Å². The zero-order valence-corrected chi connectivity index (χ0v) is 11.0. The second-order valence-electron chi connectivity index (χ2n) is 5.17. The summed E-state index contributed by atoms with van der Waals surface area (Å²) in [5.41, 5.74) is 0.871. The van der Waals surface area contributed by atoms with E-state index >= 15 is 0 Å². The molecule has 0 saturated heterocycles. The molecule has 3 heteroatoms. The van der Waals surface area contributed by atoms with Crippen molar-refractivity contribution in [2.24, 2.45) is 0 Å². The summed E-state index contributed by atoms with van der Waals surface area (Å²) in [5.74, 6) is 0.0826. The van der Waals surface area contributed by atoms with Gasteiger partial charge in [0, 0.05) is 24.2 Å². The van der Waals surface area contributed by atoms with E-state index in [-0.39, 0.29) is 11.9 Å². The van der Waals surface area contributed by atoms with Crippen LogP contribution in [0.25, 0.3) is 0 Å². The first-order chi connectivity index (χ1) is 8.74. The second-order valence-corrected chi connectivity index (χ2v) is 5.17. The molecule has 1 aromatic carbocycles. The predicted molar refractivity (Wildman–Crippen MR) is 74.5 cm³/mol. The topological polar surface area (TPSA) is 41.1 Å². The van der Waals surface area contributed by atoms with Crippen molar-refractivity contribution in [2.75, 3.05) is 5.32 Å². The maximum atomic E-state index is 11.8. The molecule has 98 valence electrons. The molecule has 0 spiro atoms. The molecule has 1 fully saturated rings. The normalized spacial score (nSPS) is 17.6. The van der Waals surface area contributed by atoms with Gasteiger partial charge in [0.15, 0.2) is 0 Å². The van der Waals surface area contributed by atoms with Crippen molar-refractivity contribution >= 4 is 11.6 Å². The zero-order valence-electron chi connectivity index (χ0n) is 11.0. The number of nitrogens with one attached hydrogen (secondary N) is 2. The number of rotatable bonds is 5. The van der Waals surface area contributed by atoms with Crippen molar-refractivity contribution < 1.29 is 4.79 Å². The van der Waals surface area contributed by atoms with Gasteiger partial charge in [-0.25, -0.2) is 0 Å². The lowest BCUT2D eigenvalue weighted by Gasteiger charge is -2.18. The van der Waals surface area contributed by atoms with Crippen LogP contribution >= 0.6 is 0 Å². The summed E-state index contributed by atoms with van der Waals surface area (Å²) in [6, 6.07) is 10.5. The van der Waals surface area contributed by atoms with Crippen LogP contribution in [0.5, 0.6) is 0 Å². The standard InChI is InChI=1S/C15H22N2O/c1-12(16-13-9-5-6-10-13)11-15(18)17-14-7-3-2-4-8-14/h2-4,7-8,12-13,16H,5-6,9-11H2,1H3,(H,17,18). The zero-order chi connectivity index (χ0) is 12.8. The minimum absolute atomic E-state index is 0.0826. The molecular weight excluding hydrogens is 224 g/mol. The molecule has 0 aliphatic heterocycles. The Bertz CT molecular complexity index is 371. The Labute approximate surface area is 109 Å². The third-order valence-electron chi connectivity index (χ3n) is 3.42. The van der Waals surface area contributed by atoms with Gasteiger partial charge in [-0.15, -0.1) is 0 Å². The Balaban J connectivity index is 1.73. The average Bonchev–Trinajstić information content (AvgIpc) is 2.82. The molecular formula is C15H22N2O. The highest BCUT2D eigenvalue weighted by atomic mass is 16.1. The fraction of sp³-hybridized carbons (Fsp3) is 0.533. The maximum Gasteiger partial charge on any atom is 0.225 e. The summed E-state index contributed by atoms with van der Waals surface area (Å²) in [4.78, 5) is 11.8. The lowest BCUT2D eigenvalue weighted by atomic mass is 10.1. The largest absolute Gasteiger partial charge is 0.326 e. The second kappa shape index (κ2) is 6.55. The smallest absolute Gasteiger partial charge is 0.225 e. The first kappa shape index (κ1) is 13.1. The van der Waals surface area contributed by atoms with Crippen molar-refractivity contribution in [2.45, 2.75) is 51.1 Å². The number of carbonyl (C=O) groups excluding carboxylic acids is 1. The number of hydrogen-bond donors (Lipinski definition) is 2. The molecule has 2 N–H and O–H groups in total. The first-order valence-corrected chi connectivity index (χ1v) is 6.85. The van der Waals surface area contributed by atoms with E-state index in [1.807, 2.05) is 30.3 Å². The van der Waals surface area contributed by atoms with Gasteiger partial charge in [0.1, 0.15) is 0 Å². The third-order valence-corrected chi connectivity index (χ3v) is 3.42. The van der Waals surface area contributed by atoms with Crippen LogP contribution in [-0.2, 0) is 4.79 Å². The van der Waals surface area contributed by atoms with E-state index < -0.39 is 0 Å². The molecule has 18 heavy (non-hydrogen) atoms. The minimum Gasteiger partial charge on any atom is -0.326 e. The van der Waals surface area contributed by atoms with Crippen LogP contribution in [0.15, 0.2) is 30.3 Å². The molecule has 0 radical (unpaired) electrons. The lowest BCUT2D eigenvalue weighted by molar-refractivity contribution is -0.116. The van der Waals surface area contributed by atoms with Gasteiger partial charge in [0.25, 0.3) is 0 Å². The van der Waals surface area contributed by atoms with E-state index in [0.717, 1.165) is 5.69 Å². The SMILES string of the molecule is CC(CC(=O)Nc1ccccc1)NC1CCCC1. The summed E-state index contributed by atoms with van der Waals surface area (Å²) in [5, 5.41) is 6.45. The van der Waals surface area contributed by atoms with Gasteiger partial charge in [-0.05, 0) is 31.9 Å². The van der Waals surface area contributed by atoms with E-state index in [4.69, 9.17) is 0 Å². The van der Waals surface area contributed by atoms with Crippen molar-refractivity contribution in [3.05, 3.63) is 30.3 Å². The summed E-state index contributed by atoms with van der Waals surface area (Å²) in [7, 11) is 0. The van der Waals surface area contributed by atoms with E-state index in [2.05, 4.69) is 17.6 Å². The van der Waals surface area contributed by atoms with E-state index in [9.17, 15) is 4.79 Å². The van der Waals surface area contributed by atoms with Crippen LogP contribution in [0.3, 0.4) is 0 Å². The molecule has 0 heterocycles. The molecule has 1 atom stereocenters. The molecule has 1 aliphatic rings. The van der Waals surface area contributed by atoms with E-state index in [1.54, 1.807) is 0 Å². The van der Waals surface area contributed by atoms with Crippen molar-refractivity contribution in [1.29, 1.82) is 0 Å². The number of hydrogen-bond acceptors (Lipinski definition) is 2. The molecule has 1 unspecified atom stereocenters. The highest BCUT2D eigenvalue weighted by Gasteiger charge is 2.18. The molecule has 2 rings (SSSR count). The number of amides is 1. The molecule has 3 nitrogen and oxygen atoms in total. The van der Waals surface area contributed by atoms with Gasteiger partial charge in [0.2, 0.25) is 5.91 Å². The van der Waals surface area contributed by atoms with Gasteiger partial charge in [-0.3, -0.25) is 4.79 Å². The van der Waals surface area contributed by atoms with Gasteiger partial charge in [-0.2, -0.15) is 0 Å². The van der Waals surface area contributed by atoms with E-state index in [1.165, 1.54) is 25.7 Å². The van der Waals surface area contributed by atoms with Gasteiger partial charge < -0.3 is 10.6 Å². The van der Waals surface area contributed by atoms with Crippen LogP contribution in [0.4, 0.5) is 5.69 Å². The molecule has 1 saturated carbocycles. The van der Waals surface area contributed by atoms with Gasteiger partial charge in [-0.1, -0.05) is 31.0 Å². The van der Waals surface area contributed by atoms with Crippen molar-refractivity contribution in [3.8, 4) is 0 Å². The molecule has 1 aromatic rings. The molecule has 0 aromatic heterocycles. The molecule has 0 bridgehead atoms. The molecule has 1 aliphatic carbocycles. The van der Waals surface area contributed by atoms with Gasteiger partial charge in [0.05, 0.1) is 0 Å². The highest BCUT2D eigenvalue weighted by Crippen LogP contribution is 2.18. The minimum atomic E-state index is 0.0826. The maximum absolute atomic E-state index is 11.8. The Morgan fingerprint density at radius 3 is 2.61 bits per heavy atom. The predicted octanol–water partition coefficient (Wildman–Crippen LogP) is 2.94. The fourth-order valence-corrected chi connectivity index (χ4v) is 2.57. The van der Waals surface area contributed by atoms with Crippen LogP contribution < -0.4 is 10.6 Å². The average molecular weight is 246 g/mol. The molecule has 1 amide bonds. The Hall–Kier alpha value is -1.35. The van der Waals surface area contributed by atoms with Crippen LogP contribution in [0, 0.1) is 0 Å². The quantitative estimate of drug-likeness (QED) is 0.838. The summed E-state index contributed by atoms with van der Waals surface area (Å²) >= 11 is 0. The summed E-state index contributed by atoms with van der Waals surface area (Å²) < 4.78 is 0. The number of para-hydroxylation sites is 1. The van der Waals surface area contributed by atoms with Crippen molar-refractivity contribution in [1.82, 2.24) is 5.32 Å². The summed E-state index contributed by atoms with van der Waals surface area (Å²) in [6.07, 6.45) is 5.68. The highest BCUT2D eigenvalue weighted by molar-refractivity contribution is 5.90. The van der Waals surface area contributed by atoms with Crippen LogP contribution in [0.2, 0.25) is 0 Å². The summed E-state index contributed by atoms with van der Waals surface area (Å²) in [6.45, 7) is 2.09. The Kier molecular flexibility index (Phi) is 4.76. The number of carbonyl (C=O) groups is 1. The lowest BCUT2D eigenvalue weighted by Crippen LogP contribution is -2.37. The van der Waals surface area contributed by atoms with Crippen molar-refractivity contribution in [3.63, 3.8) is 0 Å². The first-order valence-electron chi connectivity index (χ1n) is 6.85. The van der Waals surface area contributed by atoms with Crippen LogP contribution in [0.1, 0.15) is 39.0 Å². The monoisotopic (exact) mass is 246 g/mol. The Morgan fingerprint density at radius 2 is 1.94 bits per heavy atom. The van der Waals surface area contributed by atoms with Crippen LogP contribution in [-0.4, -0.2) is 18.0 Å². The number of anilines is 1. The Morgan fingerprint density at radius 1 is 1.28 bits per heavy atom. The fourth-order valence-electron chi connectivity index (χ4n) is 2.57. The van der Waals surface area contributed by atoms with Gasteiger partial charge >= 0.3 is 0 Å². The number of benzene rings is 1.